The average molecular weight is 195 g/mol. The third-order valence-corrected chi connectivity index (χ3v) is 3.49. The molecule has 2 rings (SSSR count). The van der Waals surface area contributed by atoms with E-state index >= 15 is 0 Å². The molecule has 0 radical (unpaired) electrons. The number of carbonyl (C=O) groups is 2. The highest BCUT2D eigenvalue weighted by atomic mass is 16.2. The first-order valence-electron chi connectivity index (χ1n) is 5.47. The van der Waals surface area contributed by atoms with Crippen LogP contribution < -0.4 is 0 Å². The summed E-state index contributed by atoms with van der Waals surface area (Å²) in [6, 6.07) is 0. The van der Waals surface area contributed by atoms with Crippen molar-refractivity contribution in [2.24, 2.45) is 11.8 Å². The number of hydrogen-bond donors (Lipinski definition) is 0. The maximum absolute atomic E-state index is 11.9. The first kappa shape index (κ1) is 9.69. The molecule has 2 aliphatic rings. The van der Waals surface area contributed by atoms with Crippen molar-refractivity contribution in [2.75, 3.05) is 13.1 Å². The van der Waals surface area contributed by atoms with Gasteiger partial charge in [-0.2, -0.15) is 0 Å². The van der Waals surface area contributed by atoms with Gasteiger partial charge in [-0.3, -0.25) is 9.59 Å². The smallest absolute Gasteiger partial charge is 0.219 e. The van der Waals surface area contributed by atoms with Crippen molar-refractivity contribution < 1.29 is 9.59 Å². The van der Waals surface area contributed by atoms with Gasteiger partial charge in [0.1, 0.15) is 5.78 Å². The zero-order valence-corrected chi connectivity index (χ0v) is 8.66. The van der Waals surface area contributed by atoms with Crippen LogP contribution in [0.1, 0.15) is 32.6 Å². The Morgan fingerprint density at radius 1 is 1.07 bits per heavy atom. The average Bonchev–Trinajstić information content (AvgIpc) is 2.51. The molecular weight excluding hydrogens is 178 g/mol. The van der Waals surface area contributed by atoms with E-state index in [1.54, 1.807) is 11.8 Å². The molecule has 0 spiro atoms. The predicted octanol–water partition coefficient (Wildman–Crippen LogP) is 1.22. The minimum Gasteiger partial charge on any atom is -0.341 e. The van der Waals surface area contributed by atoms with Crippen LogP contribution in [0.5, 0.6) is 0 Å². The Balaban J connectivity index is 1.81. The van der Waals surface area contributed by atoms with Crippen LogP contribution in [0.3, 0.4) is 0 Å². The number of carbonyl (C=O) groups excluding carboxylic acids is 2. The van der Waals surface area contributed by atoms with Crippen molar-refractivity contribution in [2.45, 2.75) is 32.6 Å². The molecule has 0 aromatic rings. The number of hydrogen-bond acceptors (Lipinski definition) is 2. The summed E-state index contributed by atoms with van der Waals surface area (Å²) in [5.74, 6) is 0.983. The molecule has 0 atom stereocenters. The number of rotatable bonds is 2. The van der Waals surface area contributed by atoms with E-state index in [2.05, 4.69) is 0 Å². The van der Waals surface area contributed by atoms with E-state index in [4.69, 9.17) is 0 Å². The van der Waals surface area contributed by atoms with Crippen LogP contribution in [0.15, 0.2) is 0 Å². The minimum atomic E-state index is 0.0977. The van der Waals surface area contributed by atoms with Crippen molar-refractivity contribution in [1.29, 1.82) is 0 Å². The van der Waals surface area contributed by atoms with Crippen LogP contribution in [-0.2, 0) is 9.59 Å². The summed E-state index contributed by atoms with van der Waals surface area (Å²) in [7, 11) is 0. The molecule has 3 heteroatoms. The van der Waals surface area contributed by atoms with Crippen LogP contribution in [0, 0.1) is 11.8 Å². The molecule has 0 unspecified atom stereocenters. The zero-order chi connectivity index (χ0) is 10.1. The maximum atomic E-state index is 11.9. The van der Waals surface area contributed by atoms with Crippen LogP contribution in [0.4, 0.5) is 0 Å². The number of amides is 1. The third-order valence-electron chi connectivity index (χ3n) is 3.49. The molecule has 1 saturated carbocycles. The molecule has 78 valence electrons. The SMILES string of the molecule is CC(=O)N1CC(C(=O)C2CCCC2)C1. The fourth-order valence-electron chi connectivity index (χ4n) is 2.46. The lowest BCUT2D eigenvalue weighted by Crippen LogP contribution is -2.53. The predicted molar refractivity (Wildman–Crippen MR) is 52.7 cm³/mol. The maximum Gasteiger partial charge on any atom is 0.219 e. The number of nitrogens with zero attached hydrogens (tertiary/aromatic N) is 1. The lowest BCUT2D eigenvalue weighted by Gasteiger charge is -2.38. The van der Waals surface area contributed by atoms with Gasteiger partial charge in [0.15, 0.2) is 0 Å². The Bertz CT molecular complexity index is 250. The molecule has 2 fully saturated rings. The Morgan fingerprint density at radius 3 is 2.14 bits per heavy atom. The highest BCUT2D eigenvalue weighted by Gasteiger charge is 2.37. The van der Waals surface area contributed by atoms with Gasteiger partial charge in [-0.25, -0.2) is 0 Å². The largest absolute Gasteiger partial charge is 0.341 e. The standard InChI is InChI=1S/C11H17NO2/c1-8(13)12-6-10(7-12)11(14)9-4-2-3-5-9/h9-10H,2-7H2,1H3. The van der Waals surface area contributed by atoms with Crippen molar-refractivity contribution >= 4 is 11.7 Å². The Hall–Kier alpha value is -0.860. The van der Waals surface area contributed by atoms with E-state index in [1.165, 1.54) is 12.8 Å². The van der Waals surface area contributed by atoms with Gasteiger partial charge in [-0.15, -0.1) is 0 Å². The summed E-state index contributed by atoms with van der Waals surface area (Å²) in [6.45, 7) is 2.91. The van der Waals surface area contributed by atoms with Gasteiger partial charge in [-0.05, 0) is 12.8 Å². The molecule has 1 aliphatic carbocycles. The van der Waals surface area contributed by atoms with Gasteiger partial charge in [0.2, 0.25) is 5.91 Å². The van der Waals surface area contributed by atoms with Crippen LogP contribution in [0.2, 0.25) is 0 Å². The summed E-state index contributed by atoms with van der Waals surface area (Å²) in [4.78, 5) is 24.5. The minimum absolute atomic E-state index is 0.0977. The molecule has 0 aromatic heterocycles. The molecule has 1 amide bonds. The summed E-state index contributed by atoms with van der Waals surface area (Å²) in [5.41, 5.74) is 0. The van der Waals surface area contributed by atoms with Crippen molar-refractivity contribution in [3.63, 3.8) is 0 Å². The molecule has 14 heavy (non-hydrogen) atoms. The highest BCUT2D eigenvalue weighted by molar-refractivity contribution is 5.87. The molecule has 1 saturated heterocycles. The number of likely N-dealkylation sites (tertiary alicyclic amines) is 1. The topological polar surface area (TPSA) is 37.4 Å². The van der Waals surface area contributed by atoms with Crippen molar-refractivity contribution in [3.8, 4) is 0 Å². The van der Waals surface area contributed by atoms with Gasteiger partial charge in [0.25, 0.3) is 0 Å². The fourth-order valence-corrected chi connectivity index (χ4v) is 2.46. The molecule has 0 N–H and O–H groups in total. The molecule has 1 heterocycles. The van der Waals surface area contributed by atoms with E-state index in [-0.39, 0.29) is 11.8 Å². The van der Waals surface area contributed by atoms with Gasteiger partial charge < -0.3 is 4.90 Å². The van der Waals surface area contributed by atoms with Gasteiger partial charge in [-0.1, -0.05) is 12.8 Å². The second kappa shape index (κ2) is 3.71. The summed E-state index contributed by atoms with van der Waals surface area (Å²) >= 11 is 0. The second-order valence-electron chi connectivity index (χ2n) is 4.50. The Labute approximate surface area is 84.5 Å². The number of Topliss-reactive ketones (excluding diaryl/α,β-unsaturated/α-hetero) is 1. The van der Waals surface area contributed by atoms with Crippen LogP contribution in [0.25, 0.3) is 0 Å². The van der Waals surface area contributed by atoms with Gasteiger partial charge in [0, 0.05) is 25.9 Å². The van der Waals surface area contributed by atoms with Crippen LogP contribution in [-0.4, -0.2) is 29.7 Å². The molecule has 0 bridgehead atoms. The Morgan fingerprint density at radius 2 is 1.64 bits per heavy atom. The second-order valence-corrected chi connectivity index (χ2v) is 4.50. The first-order valence-corrected chi connectivity index (χ1v) is 5.47. The van der Waals surface area contributed by atoms with E-state index in [1.807, 2.05) is 0 Å². The number of ketones is 1. The normalized spacial score (nSPS) is 23.6. The molecule has 0 aromatic carbocycles. The van der Waals surface area contributed by atoms with Gasteiger partial charge >= 0.3 is 0 Å². The third kappa shape index (κ3) is 1.68. The Kier molecular flexibility index (Phi) is 2.57. The van der Waals surface area contributed by atoms with E-state index in [0.29, 0.717) is 24.8 Å². The summed E-state index contributed by atoms with van der Waals surface area (Å²) in [6.07, 6.45) is 4.57. The van der Waals surface area contributed by atoms with E-state index < -0.39 is 0 Å². The summed E-state index contributed by atoms with van der Waals surface area (Å²) in [5, 5.41) is 0. The van der Waals surface area contributed by atoms with Crippen molar-refractivity contribution in [3.05, 3.63) is 0 Å². The monoisotopic (exact) mass is 195 g/mol. The van der Waals surface area contributed by atoms with E-state index in [9.17, 15) is 9.59 Å². The zero-order valence-electron chi connectivity index (χ0n) is 8.66. The fraction of sp³-hybridized carbons (Fsp3) is 0.818. The van der Waals surface area contributed by atoms with Gasteiger partial charge in [0.05, 0.1) is 5.92 Å². The molecule has 3 nitrogen and oxygen atoms in total. The van der Waals surface area contributed by atoms with Crippen LogP contribution >= 0.6 is 0 Å². The molecule has 1 aliphatic heterocycles. The van der Waals surface area contributed by atoms with E-state index in [0.717, 1.165) is 12.8 Å². The van der Waals surface area contributed by atoms with Crippen molar-refractivity contribution in [1.82, 2.24) is 4.90 Å². The lowest BCUT2D eigenvalue weighted by molar-refractivity contribution is -0.142. The molecular formula is C11H17NO2. The quantitative estimate of drug-likeness (QED) is 0.664. The highest BCUT2D eigenvalue weighted by Crippen LogP contribution is 2.30. The summed E-state index contributed by atoms with van der Waals surface area (Å²) < 4.78 is 0. The lowest BCUT2D eigenvalue weighted by atomic mass is 9.86. The first-order chi connectivity index (χ1) is 6.68.